The summed E-state index contributed by atoms with van der Waals surface area (Å²) in [5, 5.41) is 10.1. The van der Waals surface area contributed by atoms with Crippen LogP contribution in [0.4, 0.5) is 4.79 Å². The third-order valence-electron chi connectivity index (χ3n) is 6.63. The van der Waals surface area contributed by atoms with Crippen molar-refractivity contribution >= 4 is 17.0 Å². The van der Waals surface area contributed by atoms with Gasteiger partial charge in [0, 0.05) is 35.6 Å². The molecule has 0 saturated heterocycles. The van der Waals surface area contributed by atoms with Gasteiger partial charge >= 0.3 is 6.09 Å². The van der Waals surface area contributed by atoms with Crippen LogP contribution in [0.2, 0.25) is 0 Å². The quantitative estimate of drug-likeness (QED) is 0.340. The van der Waals surface area contributed by atoms with Gasteiger partial charge in [0.2, 0.25) is 5.82 Å². The Bertz CT molecular complexity index is 1460. The monoisotopic (exact) mass is 487 g/mol. The molecule has 8 heteroatoms. The van der Waals surface area contributed by atoms with Crippen molar-refractivity contribution in [3.63, 3.8) is 0 Å². The first kappa shape index (κ1) is 24.0. The normalized spacial score (nSPS) is 13.9. The maximum atomic E-state index is 12.5. The summed E-state index contributed by atoms with van der Waals surface area (Å²) < 4.78 is 13.3. The molecule has 0 fully saturated rings. The van der Waals surface area contributed by atoms with Gasteiger partial charge in [-0.1, -0.05) is 17.3 Å². The van der Waals surface area contributed by atoms with Gasteiger partial charge in [-0.3, -0.25) is 4.68 Å². The Balaban J connectivity index is 1.41. The summed E-state index contributed by atoms with van der Waals surface area (Å²) in [7, 11) is 0. The summed E-state index contributed by atoms with van der Waals surface area (Å²) in [6, 6.07) is 10.5. The van der Waals surface area contributed by atoms with Crippen molar-refractivity contribution in [2.24, 2.45) is 0 Å². The van der Waals surface area contributed by atoms with Crippen molar-refractivity contribution in [3.8, 4) is 22.8 Å². The number of carbonyl (C=O) groups excluding carboxylic acids is 1. The molecule has 0 atom stereocenters. The fraction of sp³-hybridized carbons (Fsp3) is 0.429. The van der Waals surface area contributed by atoms with Gasteiger partial charge in [-0.2, -0.15) is 10.1 Å². The summed E-state index contributed by atoms with van der Waals surface area (Å²) >= 11 is 0. The maximum absolute atomic E-state index is 12.5. The molecule has 2 aromatic heterocycles. The van der Waals surface area contributed by atoms with E-state index in [1.54, 1.807) is 4.90 Å². The lowest BCUT2D eigenvalue weighted by molar-refractivity contribution is 0.0224. The van der Waals surface area contributed by atoms with Crippen LogP contribution in [0.3, 0.4) is 0 Å². The van der Waals surface area contributed by atoms with Crippen molar-refractivity contribution < 1.29 is 14.1 Å². The molecule has 2 aromatic carbocycles. The van der Waals surface area contributed by atoms with Crippen molar-refractivity contribution in [1.82, 2.24) is 24.8 Å². The average Bonchev–Trinajstić information content (AvgIpc) is 3.43. The van der Waals surface area contributed by atoms with Gasteiger partial charge in [0.05, 0.1) is 11.2 Å². The lowest BCUT2D eigenvalue weighted by atomic mass is 9.91. The van der Waals surface area contributed by atoms with Crippen LogP contribution in [0, 0.1) is 13.8 Å². The fourth-order valence-electron chi connectivity index (χ4n) is 4.84. The van der Waals surface area contributed by atoms with Crippen LogP contribution in [0.1, 0.15) is 63.0 Å². The molecular formula is C28H33N5O3. The van der Waals surface area contributed by atoms with Gasteiger partial charge in [-0.15, -0.1) is 0 Å². The number of fused-ring (bicyclic) bond motifs is 2. The van der Waals surface area contributed by atoms with E-state index in [1.165, 1.54) is 5.56 Å². The highest BCUT2D eigenvalue weighted by atomic mass is 16.6. The molecule has 0 aliphatic carbocycles. The van der Waals surface area contributed by atoms with E-state index in [0.29, 0.717) is 24.8 Å². The number of aromatic nitrogens is 4. The molecule has 0 saturated carbocycles. The van der Waals surface area contributed by atoms with E-state index in [-0.39, 0.29) is 12.1 Å². The second-order valence-corrected chi connectivity index (χ2v) is 10.8. The molecule has 0 radical (unpaired) electrons. The molecule has 3 heterocycles. The van der Waals surface area contributed by atoms with E-state index in [1.807, 2.05) is 44.5 Å². The zero-order valence-electron chi connectivity index (χ0n) is 22.0. The van der Waals surface area contributed by atoms with Gasteiger partial charge in [0.25, 0.3) is 5.89 Å². The largest absolute Gasteiger partial charge is 0.444 e. The zero-order chi connectivity index (χ0) is 25.8. The Morgan fingerprint density at radius 2 is 1.92 bits per heavy atom. The Hall–Kier alpha value is -3.68. The van der Waals surface area contributed by atoms with Crippen LogP contribution in [-0.4, -0.2) is 43.1 Å². The van der Waals surface area contributed by atoms with Crippen LogP contribution in [0.25, 0.3) is 33.7 Å². The molecule has 36 heavy (non-hydrogen) atoms. The first-order valence-electron chi connectivity index (χ1n) is 12.4. The van der Waals surface area contributed by atoms with E-state index >= 15 is 0 Å². The molecular weight excluding hydrogens is 454 g/mol. The lowest BCUT2D eigenvalue weighted by Crippen LogP contribution is -2.40. The van der Waals surface area contributed by atoms with Crippen molar-refractivity contribution in [1.29, 1.82) is 0 Å². The molecule has 0 spiro atoms. The number of benzene rings is 2. The molecule has 1 aliphatic rings. The second kappa shape index (κ2) is 8.76. The molecule has 188 valence electrons. The first-order valence-corrected chi connectivity index (χ1v) is 12.4. The number of hydrogen-bond acceptors (Lipinski definition) is 6. The highest BCUT2D eigenvalue weighted by Crippen LogP contribution is 2.32. The highest BCUT2D eigenvalue weighted by molar-refractivity contribution is 5.86. The minimum Gasteiger partial charge on any atom is -0.444 e. The van der Waals surface area contributed by atoms with Crippen molar-refractivity contribution in [2.75, 3.05) is 6.54 Å². The predicted molar refractivity (Wildman–Crippen MR) is 139 cm³/mol. The standard InChI is InChI=1S/C28H33N5O3/c1-16(2)33-24-11-9-19(14-23(24)18(4)30-33)26-29-25(31-36-26)22-10-8-20-15-32(13-12-21(20)17(22)3)27(34)35-28(5,6)7/h8-11,14,16H,12-13,15H2,1-7H3. The molecule has 0 N–H and O–H groups in total. The van der Waals surface area contributed by atoms with Crippen molar-refractivity contribution in [3.05, 3.63) is 52.7 Å². The molecule has 0 unspecified atom stereocenters. The van der Waals surface area contributed by atoms with Crippen LogP contribution < -0.4 is 0 Å². The minimum absolute atomic E-state index is 0.274. The molecule has 1 aliphatic heterocycles. The van der Waals surface area contributed by atoms with E-state index in [0.717, 1.165) is 45.3 Å². The SMILES string of the molecule is Cc1c(-c2noc(-c3ccc4c(c3)c(C)nn4C(C)C)n2)ccc2c1CCN(C(=O)OC(C)(C)C)C2. The number of hydrogen-bond donors (Lipinski definition) is 0. The molecule has 0 bridgehead atoms. The first-order chi connectivity index (χ1) is 17.0. The van der Waals surface area contributed by atoms with Gasteiger partial charge in [-0.05, 0) is 89.8 Å². The topological polar surface area (TPSA) is 86.3 Å². The van der Waals surface area contributed by atoms with Crippen LogP contribution in [0.5, 0.6) is 0 Å². The third kappa shape index (κ3) is 4.36. The number of aryl methyl sites for hydroxylation is 1. The lowest BCUT2D eigenvalue weighted by Gasteiger charge is -2.32. The third-order valence-corrected chi connectivity index (χ3v) is 6.63. The summed E-state index contributed by atoms with van der Waals surface area (Å²) in [6.07, 6.45) is 0.484. The Morgan fingerprint density at radius 1 is 1.14 bits per heavy atom. The predicted octanol–water partition coefficient (Wildman–Crippen LogP) is 6.24. The summed E-state index contributed by atoms with van der Waals surface area (Å²) in [5.74, 6) is 1.05. The molecule has 1 amide bonds. The number of ether oxygens (including phenoxy) is 1. The van der Waals surface area contributed by atoms with Crippen molar-refractivity contribution in [2.45, 2.75) is 73.1 Å². The fourth-order valence-corrected chi connectivity index (χ4v) is 4.84. The Labute approximate surface area is 211 Å². The van der Waals surface area contributed by atoms with Gasteiger partial charge < -0.3 is 14.2 Å². The van der Waals surface area contributed by atoms with Crippen LogP contribution in [0.15, 0.2) is 34.9 Å². The number of amides is 1. The molecule has 8 nitrogen and oxygen atoms in total. The van der Waals surface area contributed by atoms with Gasteiger partial charge in [0.15, 0.2) is 0 Å². The summed E-state index contributed by atoms with van der Waals surface area (Å²) in [6.45, 7) is 15.2. The second-order valence-electron chi connectivity index (χ2n) is 10.8. The Morgan fingerprint density at radius 3 is 2.64 bits per heavy atom. The number of rotatable bonds is 3. The smallest absolute Gasteiger partial charge is 0.410 e. The zero-order valence-corrected chi connectivity index (χ0v) is 22.0. The number of carbonyl (C=O) groups is 1. The molecule has 5 rings (SSSR count). The van der Waals surface area contributed by atoms with Gasteiger partial charge in [0.1, 0.15) is 5.60 Å². The van der Waals surface area contributed by atoms with E-state index in [9.17, 15) is 4.79 Å². The van der Waals surface area contributed by atoms with Crippen LogP contribution in [-0.2, 0) is 17.7 Å². The van der Waals surface area contributed by atoms with Crippen LogP contribution >= 0.6 is 0 Å². The van der Waals surface area contributed by atoms with E-state index in [2.05, 4.69) is 49.2 Å². The summed E-state index contributed by atoms with van der Waals surface area (Å²) in [5.41, 5.74) is 6.86. The van der Waals surface area contributed by atoms with Gasteiger partial charge in [-0.25, -0.2) is 4.79 Å². The minimum atomic E-state index is -0.508. The Kier molecular flexibility index (Phi) is 5.85. The molecule has 4 aromatic rings. The number of nitrogens with zero attached hydrogens (tertiary/aromatic N) is 5. The average molecular weight is 488 g/mol. The maximum Gasteiger partial charge on any atom is 0.410 e. The van der Waals surface area contributed by atoms with E-state index in [4.69, 9.17) is 14.2 Å². The van der Waals surface area contributed by atoms with E-state index < -0.39 is 5.60 Å². The highest BCUT2D eigenvalue weighted by Gasteiger charge is 2.27. The summed E-state index contributed by atoms with van der Waals surface area (Å²) in [4.78, 5) is 19.0.